The molecule has 0 atom stereocenters. The van der Waals surface area contributed by atoms with Gasteiger partial charge in [0, 0.05) is 16.8 Å². The number of para-hydroxylation sites is 1. The van der Waals surface area contributed by atoms with Crippen LogP contribution in [0.3, 0.4) is 0 Å². The average Bonchev–Trinajstić information content (AvgIpc) is 3.14. The SMILES string of the molecule is O=C(Nc1ccccc1)c1n[nH]c2ccc(NS(=O)(=O)c3ccc(Cl)c(Cl)c3)cc12. The van der Waals surface area contributed by atoms with Gasteiger partial charge in [0.2, 0.25) is 0 Å². The Hall–Kier alpha value is -3.07. The van der Waals surface area contributed by atoms with Gasteiger partial charge in [-0.2, -0.15) is 5.10 Å². The molecule has 0 bridgehead atoms. The number of carbonyl (C=O) groups excluding carboxylic acids is 1. The Balaban J connectivity index is 1.64. The van der Waals surface area contributed by atoms with E-state index in [4.69, 9.17) is 23.2 Å². The maximum absolute atomic E-state index is 12.7. The lowest BCUT2D eigenvalue weighted by Crippen LogP contribution is -2.14. The fraction of sp³-hybridized carbons (Fsp3) is 0. The summed E-state index contributed by atoms with van der Waals surface area (Å²) in [5.74, 6) is -0.419. The fourth-order valence-electron chi connectivity index (χ4n) is 2.82. The van der Waals surface area contributed by atoms with Gasteiger partial charge in [-0.3, -0.25) is 14.6 Å². The van der Waals surface area contributed by atoms with Gasteiger partial charge >= 0.3 is 0 Å². The molecule has 4 aromatic rings. The highest BCUT2D eigenvalue weighted by atomic mass is 35.5. The fourth-order valence-corrected chi connectivity index (χ4v) is 4.26. The quantitative estimate of drug-likeness (QED) is 0.392. The van der Waals surface area contributed by atoms with Crippen molar-refractivity contribution in [3.05, 3.63) is 82.5 Å². The van der Waals surface area contributed by atoms with E-state index in [-0.39, 0.29) is 26.3 Å². The van der Waals surface area contributed by atoms with Crippen LogP contribution < -0.4 is 10.0 Å². The minimum Gasteiger partial charge on any atom is -0.321 e. The highest BCUT2D eigenvalue weighted by Gasteiger charge is 2.18. The lowest BCUT2D eigenvalue weighted by atomic mass is 10.2. The smallest absolute Gasteiger partial charge is 0.276 e. The number of aromatic nitrogens is 2. The van der Waals surface area contributed by atoms with Crippen molar-refractivity contribution < 1.29 is 13.2 Å². The average molecular weight is 461 g/mol. The third-order valence-electron chi connectivity index (χ3n) is 4.26. The monoisotopic (exact) mass is 460 g/mol. The van der Waals surface area contributed by atoms with Crippen LogP contribution in [0.25, 0.3) is 10.9 Å². The summed E-state index contributed by atoms with van der Waals surface area (Å²) in [5.41, 5.74) is 1.62. The molecule has 30 heavy (non-hydrogen) atoms. The summed E-state index contributed by atoms with van der Waals surface area (Å²) in [6, 6.07) is 17.7. The number of carbonyl (C=O) groups is 1. The second kappa shape index (κ2) is 7.98. The van der Waals surface area contributed by atoms with E-state index < -0.39 is 15.9 Å². The van der Waals surface area contributed by atoms with E-state index in [0.29, 0.717) is 16.6 Å². The molecule has 0 aliphatic carbocycles. The number of amides is 1. The first kappa shape index (κ1) is 20.2. The zero-order valence-electron chi connectivity index (χ0n) is 15.2. The van der Waals surface area contributed by atoms with Gasteiger partial charge in [0.25, 0.3) is 15.9 Å². The van der Waals surface area contributed by atoms with E-state index >= 15 is 0 Å². The van der Waals surface area contributed by atoms with Crippen molar-refractivity contribution >= 4 is 61.4 Å². The van der Waals surface area contributed by atoms with Crippen LogP contribution in [0.15, 0.2) is 71.6 Å². The van der Waals surface area contributed by atoms with Gasteiger partial charge in [0.05, 0.1) is 20.5 Å². The molecule has 152 valence electrons. The summed E-state index contributed by atoms with van der Waals surface area (Å²) in [6.07, 6.45) is 0. The Morgan fingerprint density at radius 1 is 0.900 bits per heavy atom. The molecule has 3 aromatic carbocycles. The van der Waals surface area contributed by atoms with Gasteiger partial charge in [-0.25, -0.2) is 8.42 Å². The molecule has 0 unspecified atom stereocenters. The predicted molar refractivity (Wildman–Crippen MR) is 118 cm³/mol. The molecule has 0 saturated heterocycles. The molecule has 7 nitrogen and oxygen atoms in total. The molecule has 3 N–H and O–H groups in total. The van der Waals surface area contributed by atoms with Crippen molar-refractivity contribution in [1.29, 1.82) is 0 Å². The van der Waals surface area contributed by atoms with Gasteiger partial charge in [0.15, 0.2) is 5.69 Å². The van der Waals surface area contributed by atoms with Crippen LogP contribution in [0, 0.1) is 0 Å². The van der Waals surface area contributed by atoms with Gasteiger partial charge in [0.1, 0.15) is 0 Å². The Bertz CT molecular complexity index is 1360. The normalized spacial score (nSPS) is 11.4. The number of rotatable bonds is 5. The van der Waals surface area contributed by atoms with Crippen molar-refractivity contribution in [2.75, 3.05) is 10.0 Å². The topological polar surface area (TPSA) is 104 Å². The van der Waals surface area contributed by atoms with Crippen molar-refractivity contribution in [2.45, 2.75) is 4.90 Å². The molecule has 4 rings (SSSR count). The van der Waals surface area contributed by atoms with Crippen LogP contribution in [0.2, 0.25) is 10.0 Å². The third-order valence-corrected chi connectivity index (χ3v) is 6.38. The number of nitrogens with one attached hydrogen (secondary N) is 3. The first-order chi connectivity index (χ1) is 14.3. The Morgan fingerprint density at radius 2 is 1.67 bits per heavy atom. The molecule has 1 aromatic heterocycles. The van der Waals surface area contributed by atoms with E-state index in [9.17, 15) is 13.2 Å². The lowest BCUT2D eigenvalue weighted by Gasteiger charge is -2.09. The van der Waals surface area contributed by atoms with E-state index in [1.807, 2.05) is 6.07 Å². The number of fused-ring (bicyclic) bond motifs is 1. The minimum atomic E-state index is -3.91. The molecule has 0 spiro atoms. The van der Waals surface area contributed by atoms with Crippen LogP contribution in [-0.2, 0) is 10.0 Å². The summed E-state index contributed by atoms with van der Waals surface area (Å²) < 4.78 is 27.8. The highest BCUT2D eigenvalue weighted by Crippen LogP contribution is 2.27. The molecule has 1 heterocycles. The first-order valence-corrected chi connectivity index (χ1v) is 10.9. The number of aromatic amines is 1. The number of halogens is 2. The molecular formula is C20H14Cl2N4O3S. The minimum absolute atomic E-state index is 0.0359. The summed E-state index contributed by atoms with van der Waals surface area (Å²) >= 11 is 11.8. The standard InChI is InChI=1S/C20H14Cl2N4O3S/c21-16-8-7-14(11-17(16)22)30(28,29)26-13-6-9-18-15(10-13)19(25-24-18)20(27)23-12-4-2-1-3-5-12/h1-11,26H,(H,23,27)(H,24,25). The number of anilines is 2. The summed E-state index contributed by atoms with van der Waals surface area (Å²) in [4.78, 5) is 12.6. The predicted octanol–water partition coefficient (Wildman–Crippen LogP) is 4.92. The van der Waals surface area contributed by atoms with Crippen LogP contribution in [-0.4, -0.2) is 24.5 Å². The van der Waals surface area contributed by atoms with Crippen molar-refractivity contribution in [3.63, 3.8) is 0 Å². The number of nitrogens with zero attached hydrogens (tertiary/aromatic N) is 1. The number of hydrogen-bond donors (Lipinski definition) is 3. The third kappa shape index (κ3) is 4.11. The van der Waals surface area contributed by atoms with Gasteiger partial charge in [-0.1, -0.05) is 41.4 Å². The largest absolute Gasteiger partial charge is 0.321 e. The van der Waals surface area contributed by atoms with Crippen LogP contribution >= 0.6 is 23.2 Å². The number of H-pyrrole nitrogens is 1. The molecule has 10 heteroatoms. The molecule has 0 aliphatic heterocycles. The number of sulfonamides is 1. The van der Waals surface area contributed by atoms with Gasteiger partial charge in [-0.15, -0.1) is 0 Å². The van der Waals surface area contributed by atoms with Crippen LogP contribution in [0.4, 0.5) is 11.4 Å². The summed E-state index contributed by atoms with van der Waals surface area (Å²) in [7, 11) is -3.91. The van der Waals surface area contributed by atoms with Crippen molar-refractivity contribution in [1.82, 2.24) is 10.2 Å². The number of hydrogen-bond acceptors (Lipinski definition) is 4. The summed E-state index contributed by atoms with van der Waals surface area (Å²) in [6.45, 7) is 0. The molecule has 0 aliphatic rings. The molecular weight excluding hydrogens is 447 g/mol. The zero-order chi connectivity index (χ0) is 21.3. The molecule has 0 fully saturated rings. The van der Waals surface area contributed by atoms with Crippen LogP contribution in [0.1, 0.15) is 10.5 Å². The van der Waals surface area contributed by atoms with E-state index in [2.05, 4.69) is 20.2 Å². The molecule has 0 radical (unpaired) electrons. The first-order valence-electron chi connectivity index (χ1n) is 8.66. The molecule has 0 saturated carbocycles. The second-order valence-electron chi connectivity index (χ2n) is 6.33. The van der Waals surface area contributed by atoms with Crippen molar-refractivity contribution in [2.24, 2.45) is 0 Å². The van der Waals surface area contributed by atoms with Gasteiger partial charge in [-0.05, 0) is 48.5 Å². The maximum Gasteiger partial charge on any atom is 0.276 e. The second-order valence-corrected chi connectivity index (χ2v) is 8.83. The zero-order valence-corrected chi connectivity index (χ0v) is 17.5. The van der Waals surface area contributed by atoms with Crippen LogP contribution in [0.5, 0.6) is 0 Å². The van der Waals surface area contributed by atoms with Crippen molar-refractivity contribution in [3.8, 4) is 0 Å². The number of benzene rings is 3. The van der Waals surface area contributed by atoms with Gasteiger partial charge < -0.3 is 5.32 Å². The van der Waals surface area contributed by atoms with E-state index in [0.717, 1.165) is 0 Å². The lowest BCUT2D eigenvalue weighted by molar-refractivity contribution is 0.102. The highest BCUT2D eigenvalue weighted by molar-refractivity contribution is 7.92. The van der Waals surface area contributed by atoms with E-state index in [1.165, 1.54) is 24.3 Å². The van der Waals surface area contributed by atoms with E-state index in [1.54, 1.807) is 36.4 Å². The Kier molecular flexibility index (Phi) is 5.38. The maximum atomic E-state index is 12.7. The summed E-state index contributed by atoms with van der Waals surface area (Å²) in [5, 5.41) is 10.4. The molecule has 1 amide bonds. The Morgan fingerprint density at radius 3 is 2.40 bits per heavy atom. The Labute approximate surface area is 182 Å².